The lowest BCUT2D eigenvalue weighted by molar-refractivity contribution is -0.140. The van der Waals surface area contributed by atoms with Crippen molar-refractivity contribution in [2.75, 3.05) is 23.7 Å². The number of benzene rings is 2. The van der Waals surface area contributed by atoms with Crippen LogP contribution in [0.2, 0.25) is 15.1 Å². The van der Waals surface area contributed by atoms with Gasteiger partial charge < -0.3 is 10.2 Å². The Hall–Kier alpha value is -2.00. The standard InChI is InChI=1S/C24H30Cl3N3O4S/c1-4-13-28-24(32)17(2)29(16-18-7-8-20(26)15-22(18)27)23(31)6-5-14-30(35(3,33)34)21-11-9-19(25)10-12-21/h7-12,15,17H,4-6,13-14,16H2,1-3H3,(H,28,32)/t17-/m0/s1. The highest BCUT2D eigenvalue weighted by Crippen LogP contribution is 2.24. The zero-order valence-electron chi connectivity index (χ0n) is 19.9. The maximum atomic E-state index is 13.2. The van der Waals surface area contributed by atoms with Crippen LogP contribution in [0.15, 0.2) is 42.5 Å². The van der Waals surface area contributed by atoms with Crippen molar-refractivity contribution in [3.63, 3.8) is 0 Å². The molecule has 0 heterocycles. The Balaban J connectivity index is 2.18. The summed E-state index contributed by atoms with van der Waals surface area (Å²) in [5.41, 5.74) is 1.11. The third-order valence-electron chi connectivity index (χ3n) is 5.34. The molecule has 0 aliphatic rings. The Morgan fingerprint density at radius 2 is 1.66 bits per heavy atom. The first kappa shape index (κ1) is 29.2. The topological polar surface area (TPSA) is 86.8 Å². The van der Waals surface area contributed by atoms with E-state index >= 15 is 0 Å². The van der Waals surface area contributed by atoms with E-state index in [1.807, 2.05) is 6.92 Å². The largest absolute Gasteiger partial charge is 0.354 e. The van der Waals surface area contributed by atoms with Crippen molar-refractivity contribution in [2.45, 2.75) is 45.7 Å². The second kappa shape index (κ2) is 13.3. The van der Waals surface area contributed by atoms with Crippen molar-refractivity contribution >= 4 is 62.3 Å². The van der Waals surface area contributed by atoms with E-state index in [4.69, 9.17) is 34.8 Å². The molecule has 1 atom stereocenters. The van der Waals surface area contributed by atoms with Crippen molar-refractivity contribution in [1.82, 2.24) is 10.2 Å². The van der Waals surface area contributed by atoms with Crippen molar-refractivity contribution < 1.29 is 18.0 Å². The fraction of sp³-hybridized carbons (Fsp3) is 0.417. The summed E-state index contributed by atoms with van der Waals surface area (Å²) in [4.78, 5) is 27.3. The average Bonchev–Trinajstić information content (AvgIpc) is 2.79. The SMILES string of the molecule is CCCNC(=O)[C@H](C)N(Cc1ccc(Cl)cc1Cl)C(=O)CCCN(c1ccc(Cl)cc1)S(C)(=O)=O. The smallest absolute Gasteiger partial charge is 0.242 e. The summed E-state index contributed by atoms with van der Waals surface area (Å²) in [7, 11) is -3.58. The van der Waals surface area contributed by atoms with E-state index in [0.717, 1.165) is 12.7 Å². The van der Waals surface area contributed by atoms with E-state index in [2.05, 4.69) is 5.32 Å². The molecule has 1 N–H and O–H groups in total. The third-order valence-corrected chi connectivity index (χ3v) is 7.37. The number of hydrogen-bond acceptors (Lipinski definition) is 4. The van der Waals surface area contributed by atoms with Gasteiger partial charge in [-0.25, -0.2) is 8.42 Å². The van der Waals surface area contributed by atoms with E-state index in [-0.39, 0.29) is 37.7 Å². The second-order valence-corrected chi connectivity index (χ2v) is 11.3. The lowest BCUT2D eigenvalue weighted by Crippen LogP contribution is -2.48. The van der Waals surface area contributed by atoms with Gasteiger partial charge in [0.15, 0.2) is 0 Å². The van der Waals surface area contributed by atoms with Gasteiger partial charge in [-0.15, -0.1) is 0 Å². The third kappa shape index (κ3) is 8.86. The quantitative estimate of drug-likeness (QED) is 0.388. The van der Waals surface area contributed by atoms with Gasteiger partial charge in [-0.05, 0) is 61.7 Å². The van der Waals surface area contributed by atoms with Crippen molar-refractivity contribution in [3.8, 4) is 0 Å². The first-order valence-corrected chi connectivity index (χ1v) is 14.2. The molecule has 0 aliphatic carbocycles. The van der Waals surface area contributed by atoms with Crippen LogP contribution >= 0.6 is 34.8 Å². The van der Waals surface area contributed by atoms with Crippen LogP contribution in [-0.2, 0) is 26.2 Å². The lowest BCUT2D eigenvalue weighted by Gasteiger charge is -2.29. The van der Waals surface area contributed by atoms with E-state index in [1.165, 1.54) is 9.21 Å². The maximum absolute atomic E-state index is 13.2. The minimum Gasteiger partial charge on any atom is -0.354 e. The Morgan fingerprint density at radius 3 is 2.23 bits per heavy atom. The van der Waals surface area contributed by atoms with E-state index in [1.54, 1.807) is 49.4 Å². The van der Waals surface area contributed by atoms with Crippen LogP contribution in [0.25, 0.3) is 0 Å². The number of rotatable bonds is 12. The molecule has 0 saturated carbocycles. The Labute approximate surface area is 222 Å². The molecule has 2 aromatic carbocycles. The van der Waals surface area contributed by atoms with E-state index in [0.29, 0.717) is 32.9 Å². The molecule has 0 bridgehead atoms. The molecule has 2 aromatic rings. The lowest BCUT2D eigenvalue weighted by atomic mass is 10.1. The van der Waals surface area contributed by atoms with Crippen LogP contribution in [0.4, 0.5) is 5.69 Å². The molecule has 0 aliphatic heterocycles. The number of nitrogens with one attached hydrogen (secondary N) is 1. The van der Waals surface area contributed by atoms with Gasteiger partial charge in [0.05, 0.1) is 11.9 Å². The van der Waals surface area contributed by atoms with Gasteiger partial charge in [0.1, 0.15) is 6.04 Å². The molecule has 7 nitrogen and oxygen atoms in total. The molecule has 0 unspecified atom stereocenters. The van der Waals surface area contributed by atoms with E-state index in [9.17, 15) is 18.0 Å². The predicted octanol–water partition coefficient (Wildman–Crippen LogP) is 5.14. The van der Waals surface area contributed by atoms with Crippen LogP contribution in [0.3, 0.4) is 0 Å². The number of carbonyl (C=O) groups excluding carboxylic acids is 2. The van der Waals surface area contributed by atoms with Gasteiger partial charge in [-0.1, -0.05) is 47.8 Å². The summed E-state index contributed by atoms with van der Waals surface area (Å²) in [5.74, 6) is -0.566. The normalized spacial score (nSPS) is 12.2. The Bertz CT molecular complexity index is 1130. The molecule has 192 valence electrons. The van der Waals surface area contributed by atoms with Crippen LogP contribution in [-0.4, -0.2) is 50.5 Å². The zero-order chi connectivity index (χ0) is 26.2. The summed E-state index contributed by atoms with van der Waals surface area (Å²) < 4.78 is 25.9. The summed E-state index contributed by atoms with van der Waals surface area (Å²) in [5, 5.41) is 4.16. The molecule has 0 radical (unpaired) electrons. The molecule has 0 saturated heterocycles. The first-order chi connectivity index (χ1) is 16.4. The van der Waals surface area contributed by atoms with E-state index < -0.39 is 16.1 Å². The molecule has 0 spiro atoms. The highest BCUT2D eigenvalue weighted by molar-refractivity contribution is 7.92. The van der Waals surface area contributed by atoms with Crippen LogP contribution in [0, 0.1) is 0 Å². The van der Waals surface area contributed by atoms with Gasteiger partial charge in [-0.2, -0.15) is 0 Å². The summed E-state index contributed by atoms with van der Waals surface area (Å²) in [6, 6.07) is 10.7. The van der Waals surface area contributed by atoms with Gasteiger partial charge in [-0.3, -0.25) is 13.9 Å². The minimum atomic E-state index is -3.58. The number of halogens is 3. The highest BCUT2D eigenvalue weighted by Gasteiger charge is 2.27. The fourth-order valence-electron chi connectivity index (χ4n) is 3.42. The summed E-state index contributed by atoms with van der Waals surface area (Å²) in [6.07, 6.45) is 2.17. The molecule has 0 aromatic heterocycles. The molecule has 11 heteroatoms. The average molecular weight is 563 g/mol. The Kier molecular flexibility index (Phi) is 11.1. The number of sulfonamides is 1. The molecule has 2 amide bonds. The number of nitrogens with zero attached hydrogens (tertiary/aromatic N) is 2. The molecule has 2 rings (SSSR count). The number of carbonyl (C=O) groups is 2. The second-order valence-electron chi connectivity index (χ2n) is 8.14. The van der Waals surface area contributed by atoms with Gasteiger partial charge in [0.25, 0.3) is 0 Å². The molecule has 35 heavy (non-hydrogen) atoms. The number of hydrogen-bond donors (Lipinski definition) is 1. The maximum Gasteiger partial charge on any atom is 0.242 e. The first-order valence-electron chi connectivity index (χ1n) is 11.2. The monoisotopic (exact) mass is 561 g/mol. The summed E-state index contributed by atoms with van der Waals surface area (Å²) >= 11 is 18.2. The Morgan fingerprint density at radius 1 is 1.03 bits per heavy atom. The number of anilines is 1. The van der Waals surface area contributed by atoms with Crippen LogP contribution in [0.1, 0.15) is 38.7 Å². The summed E-state index contributed by atoms with van der Waals surface area (Å²) in [6.45, 7) is 4.30. The van der Waals surface area contributed by atoms with Crippen molar-refractivity contribution in [1.29, 1.82) is 0 Å². The van der Waals surface area contributed by atoms with Crippen LogP contribution < -0.4 is 9.62 Å². The zero-order valence-corrected chi connectivity index (χ0v) is 23.0. The molecular weight excluding hydrogens is 533 g/mol. The van der Waals surface area contributed by atoms with Crippen LogP contribution in [0.5, 0.6) is 0 Å². The van der Waals surface area contributed by atoms with Crippen molar-refractivity contribution in [3.05, 3.63) is 63.1 Å². The van der Waals surface area contributed by atoms with Crippen molar-refractivity contribution in [2.24, 2.45) is 0 Å². The highest BCUT2D eigenvalue weighted by atomic mass is 35.5. The van der Waals surface area contributed by atoms with Gasteiger partial charge in [0.2, 0.25) is 21.8 Å². The number of amides is 2. The minimum absolute atomic E-state index is 0.0379. The fourth-order valence-corrected chi connectivity index (χ4v) is 4.98. The molecular formula is C24H30Cl3N3O4S. The van der Waals surface area contributed by atoms with Gasteiger partial charge in [0, 0.05) is 41.1 Å². The predicted molar refractivity (Wildman–Crippen MR) is 143 cm³/mol. The molecule has 0 fully saturated rings. The van der Waals surface area contributed by atoms with Gasteiger partial charge >= 0.3 is 0 Å².